The SMILES string of the molecule is COc1cnc(N)nc1C(=O)O. The van der Waals surface area contributed by atoms with E-state index < -0.39 is 5.97 Å². The first-order chi connectivity index (χ1) is 5.65. The van der Waals surface area contributed by atoms with Crippen molar-refractivity contribution in [1.29, 1.82) is 0 Å². The highest BCUT2D eigenvalue weighted by molar-refractivity contribution is 5.88. The molecule has 0 aromatic carbocycles. The van der Waals surface area contributed by atoms with E-state index in [2.05, 4.69) is 9.97 Å². The summed E-state index contributed by atoms with van der Waals surface area (Å²) >= 11 is 0. The third-order valence-electron chi connectivity index (χ3n) is 1.20. The van der Waals surface area contributed by atoms with Crippen molar-refractivity contribution in [2.24, 2.45) is 0 Å². The lowest BCUT2D eigenvalue weighted by atomic mass is 10.4. The number of anilines is 1. The standard InChI is InChI=1S/C6H7N3O3/c1-12-3-2-8-6(7)9-4(3)5(10)11/h2H,1H3,(H,10,11)(H2,7,8,9). The van der Waals surface area contributed by atoms with Crippen molar-refractivity contribution >= 4 is 11.9 Å². The van der Waals surface area contributed by atoms with Gasteiger partial charge in [-0.1, -0.05) is 0 Å². The van der Waals surface area contributed by atoms with Crippen LogP contribution in [0.4, 0.5) is 5.95 Å². The predicted octanol–water partition coefficient (Wildman–Crippen LogP) is -0.234. The van der Waals surface area contributed by atoms with Crippen LogP contribution in [0.3, 0.4) is 0 Å². The Bertz CT molecular complexity index is 313. The quantitative estimate of drug-likeness (QED) is 0.634. The van der Waals surface area contributed by atoms with Crippen LogP contribution in [0.25, 0.3) is 0 Å². The van der Waals surface area contributed by atoms with Crippen molar-refractivity contribution in [2.75, 3.05) is 12.8 Å². The first-order valence-corrected chi connectivity index (χ1v) is 3.05. The Morgan fingerprint density at radius 1 is 1.75 bits per heavy atom. The fourth-order valence-electron chi connectivity index (χ4n) is 0.687. The van der Waals surface area contributed by atoms with Crippen LogP contribution in [0.2, 0.25) is 0 Å². The Kier molecular flexibility index (Phi) is 2.09. The van der Waals surface area contributed by atoms with E-state index in [0.29, 0.717) is 0 Å². The fraction of sp³-hybridized carbons (Fsp3) is 0.167. The van der Waals surface area contributed by atoms with Gasteiger partial charge in [-0.25, -0.2) is 14.8 Å². The molecule has 0 spiro atoms. The van der Waals surface area contributed by atoms with Crippen LogP contribution in [-0.2, 0) is 0 Å². The van der Waals surface area contributed by atoms with E-state index in [1.165, 1.54) is 13.3 Å². The normalized spacial score (nSPS) is 9.42. The number of carbonyl (C=O) groups is 1. The summed E-state index contributed by atoms with van der Waals surface area (Å²) in [6, 6.07) is 0. The smallest absolute Gasteiger partial charge is 0.358 e. The summed E-state index contributed by atoms with van der Waals surface area (Å²) in [6.07, 6.45) is 1.21. The Balaban J connectivity index is 3.21. The van der Waals surface area contributed by atoms with E-state index in [1.54, 1.807) is 0 Å². The van der Waals surface area contributed by atoms with Crippen LogP contribution in [0.15, 0.2) is 6.20 Å². The fourth-order valence-corrected chi connectivity index (χ4v) is 0.687. The molecular weight excluding hydrogens is 162 g/mol. The van der Waals surface area contributed by atoms with Gasteiger partial charge in [0.15, 0.2) is 11.4 Å². The summed E-state index contributed by atoms with van der Waals surface area (Å²) in [7, 11) is 1.33. The molecule has 0 aliphatic heterocycles. The number of ether oxygens (including phenoxy) is 1. The molecule has 1 aromatic rings. The minimum atomic E-state index is -1.19. The van der Waals surface area contributed by atoms with Gasteiger partial charge in [-0.15, -0.1) is 0 Å². The summed E-state index contributed by atoms with van der Waals surface area (Å²) in [4.78, 5) is 17.6. The molecule has 1 aromatic heterocycles. The van der Waals surface area contributed by atoms with E-state index in [9.17, 15) is 4.79 Å². The zero-order chi connectivity index (χ0) is 9.14. The largest absolute Gasteiger partial charge is 0.493 e. The van der Waals surface area contributed by atoms with Crippen LogP contribution >= 0.6 is 0 Å². The highest BCUT2D eigenvalue weighted by Gasteiger charge is 2.13. The lowest BCUT2D eigenvalue weighted by molar-refractivity contribution is 0.0686. The molecule has 12 heavy (non-hydrogen) atoms. The second-order valence-corrected chi connectivity index (χ2v) is 1.95. The zero-order valence-electron chi connectivity index (χ0n) is 6.31. The molecule has 0 atom stereocenters. The molecule has 0 amide bonds. The van der Waals surface area contributed by atoms with Gasteiger partial charge >= 0.3 is 5.97 Å². The molecule has 64 valence electrons. The summed E-state index contributed by atoms with van der Waals surface area (Å²) in [5, 5.41) is 8.60. The zero-order valence-corrected chi connectivity index (χ0v) is 6.31. The molecule has 0 saturated carbocycles. The van der Waals surface area contributed by atoms with Crippen LogP contribution in [0.5, 0.6) is 5.75 Å². The summed E-state index contributed by atoms with van der Waals surface area (Å²) < 4.78 is 4.70. The van der Waals surface area contributed by atoms with Crippen molar-refractivity contribution in [3.63, 3.8) is 0 Å². The first kappa shape index (κ1) is 8.25. The van der Waals surface area contributed by atoms with E-state index in [4.69, 9.17) is 15.6 Å². The number of nitrogens with two attached hydrogens (primary N) is 1. The van der Waals surface area contributed by atoms with Crippen LogP contribution in [-0.4, -0.2) is 28.2 Å². The van der Waals surface area contributed by atoms with Gasteiger partial charge in [-0.05, 0) is 0 Å². The van der Waals surface area contributed by atoms with Gasteiger partial charge in [-0.2, -0.15) is 0 Å². The average Bonchev–Trinajstić information content (AvgIpc) is 2.04. The maximum atomic E-state index is 10.5. The molecular formula is C6H7N3O3. The van der Waals surface area contributed by atoms with E-state index >= 15 is 0 Å². The third kappa shape index (κ3) is 1.42. The lowest BCUT2D eigenvalue weighted by Gasteiger charge is -2.02. The molecule has 0 radical (unpaired) electrons. The van der Waals surface area contributed by atoms with Crippen LogP contribution in [0.1, 0.15) is 10.5 Å². The van der Waals surface area contributed by atoms with Gasteiger partial charge in [0.2, 0.25) is 5.95 Å². The second kappa shape index (κ2) is 3.04. The van der Waals surface area contributed by atoms with Crippen molar-refractivity contribution in [3.8, 4) is 5.75 Å². The number of carboxylic acid groups (broad SMARTS) is 1. The maximum Gasteiger partial charge on any atom is 0.358 e. The third-order valence-corrected chi connectivity index (χ3v) is 1.20. The van der Waals surface area contributed by atoms with Crippen molar-refractivity contribution in [2.45, 2.75) is 0 Å². The number of hydrogen-bond acceptors (Lipinski definition) is 5. The number of hydrogen-bond donors (Lipinski definition) is 2. The molecule has 0 saturated heterocycles. The summed E-state index contributed by atoms with van der Waals surface area (Å²) in [6.45, 7) is 0. The Morgan fingerprint density at radius 3 is 2.92 bits per heavy atom. The molecule has 0 aliphatic carbocycles. The van der Waals surface area contributed by atoms with Crippen LogP contribution in [0, 0.1) is 0 Å². The number of aromatic carboxylic acids is 1. The Morgan fingerprint density at radius 2 is 2.42 bits per heavy atom. The molecule has 0 fully saturated rings. The highest BCUT2D eigenvalue weighted by atomic mass is 16.5. The number of nitrogens with zero attached hydrogens (tertiary/aromatic N) is 2. The predicted molar refractivity (Wildman–Crippen MR) is 40.0 cm³/mol. The second-order valence-electron chi connectivity index (χ2n) is 1.95. The monoisotopic (exact) mass is 169 g/mol. The minimum Gasteiger partial charge on any atom is -0.493 e. The molecule has 0 bridgehead atoms. The van der Waals surface area contributed by atoms with E-state index in [-0.39, 0.29) is 17.4 Å². The van der Waals surface area contributed by atoms with Gasteiger partial charge in [0.05, 0.1) is 13.3 Å². The molecule has 1 heterocycles. The molecule has 6 heteroatoms. The number of methoxy groups -OCH3 is 1. The van der Waals surface area contributed by atoms with Gasteiger partial charge < -0.3 is 15.6 Å². The topological polar surface area (TPSA) is 98.3 Å². The molecule has 1 rings (SSSR count). The molecule has 3 N–H and O–H groups in total. The average molecular weight is 169 g/mol. The molecule has 0 aliphatic rings. The number of nitrogen functional groups attached to an aromatic ring is 1. The van der Waals surface area contributed by atoms with Gasteiger partial charge in [0.1, 0.15) is 0 Å². The maximum absolute atomic E-state index is 10.5. The Hall–Kier alpha value is -1.85. The highest BCUT2D eigenvalue weighted by Crippen LogP contribution is 2.14. The first-order valence-electron chi connectivity index (χ1n) is 3.05. The van der Waals surface area contributed by atoms with Crippen molar-refractivity contribution < 1.29 is 14.6 Å². The van der Waals surface area contributed by atoms with Crippen molar-refractivity contribution in [3.05, 3.63) is 11.9 Å². The lowest BCUT2D eigenvalue weighted by Crippen LogP contribution is -2.07. The minimum absolute atomic E-state index is 0.0896. The molecule has 6 nitrogen and oxygen atoms in total. The van der Waals surface area contributed by atoms with Crippen LogP contribution < -0.4 is 10.5 Å². The van der Waals surface area contributed by atoms with Gasteiger partial charge in [0.25, 0.3) is 0 Å². The Labute approximate surface area is 68.0 Å². The van der Waals surface area contributed by atoms with Crippen molar-refractivity contribution in [1.82, 2.24) is 9.97 Å². The number of rotatable bonds is 2. The number of aromatic nitrogens is 2. The van der Waals surface area contributed by atoms with E-state index in [1.807, 2.05) is 0 Å². The molecule has 0 unspecified atom stereocenters. The summed E-state index contributed by atoms with van der Waals surface area (Å²) in [5.41, 5.74) is 4.95. The van der Waals surface area contributed by atoms with Gasteiger partial charge in [-0.3, -0.25) is 0 Å². The summed E-state index contributed by atoms with van der Waals surface area (Å²) in [5.74, 6) is -1.19. The number of carboxylic acids is 1. The van der Waals surface area contributed by atoms with Gasteiger partial charge in [0, 0.05) is 0 Å². The van der Waals surface area contributed by atoms with E-state index in [0.717, 1.165) is 0 Å².